The van der Waals surface area contributed by atoms with Crippen molar-refractivity contribution in [2.45, 2.75) is 57.0 Å². The highest BCUT2D eigenvalue weighted by Gasteiger charge is 2.53. The van der Waals surface area contributed by atoms with E-state index in [0.29, 0.717) is 62.7 Å². The Balaban J connectivity index is 1.10. The third kappa shape index (κ3) is 7.98. The van der Waals surface area contributed by atoms with E-state index >= 15 is 4.79 Å². The van der Waals surface area contributed by atoms with Gasteiger partial charge in [0, 0.05) is 44.8 Å². The molecule has 0 aromatic heterocycles. The first-order valence-electron chi connectivity index (χ1n) is 19.3. The fourth-order valence-corrected chi connectivity index (χ4v) is 10.4. The highest BCUT2D eigenvalue weighted by atomic mass is 32.1. The second-order valence-electron chi connectivity index (χ2n) is 15.9. The number of anilines is 3. The van der Waals surface area contributed by atoms with Crippen LogP contribution in [0.25, 0.3) is 0 Å². The molecule has 5 fully saturated rings. The molecule has 11 heteroatoms. The van der Waals surface area contributed by atoms with Crippen LogP contribution in [0, 0.1) is 23.2 Å². The van der Waals surface area contributed by atoms with E-state index in [9.17, 15) is 9.59 Å². The molecule has 2 aliphatic heterocycles. The van der Waals surface area contributed by atoms with E-state index in [2.05, 4.69) is 20.9 Å². The number of nitrogens with one attached hydrogen (secondary N) is 3. The van der Waals surface area contributed by atoms with Gasteiger partial charge >= 0.3 is 0 Å². The average Bonchev–Trinajstić information content (AvgIpc) is 3.23. The predicted octanol–water partition coefficient (Wildman–Crippen LogP) is 5.00. The number of para-hydroxylation sites is 3. The molecule has 3 aromatic carbocycles. The molecule has 3 N–H and O–H groups in total. The van der Waals surface area contributed by atoms with Crippen LogP contribution in [0.1, 0.15) is 44.1 Å². The monoisotopic (exact) mass is 734 g/mol. The van der Waals surface area contributed by atoms with Crippen molar-refractivity contribution < 1.29 is 19.1 Å². The van der Waals surface area contributed by atoms with Gasteiger partial charge in [0.05, 0.1) is 24.6 Å². The van der Waals surface area contributed by atoms with Crippen LogP contribution in [0.5, 0.6) is 0 Å². The number of carbonyl (C=O) groups excluding carboxylic acids is 3. The van der Waals surface area contributed by atoms with Gasteiger partial charge in [-0.25, -0.2) is 0 Å². The van der Waals surface area contributed by atoms with Gasteiger partial charge in [-0.1, -0.05) is 60.7 Å². The molecule has 4 aliphatic carbocycles. The van der Waals surface area contributed by atoms with Crippen LogP contribution in [-0.2, 0) is 25.5 Å². The van der Waals surface area contributed by atoms with Gasteiger partial charge in [-0.3, -0.25) is 19.3 Å². The molecule has 2 atom stereocenters. The van der Waals surface area contributed by atoms with Crippen molar-refractivity contribution in [3.63, 3.8) is 0 Å². The summed E-state index contributed by atoms with van der Waals surface area (Å²) < 4.78 is 5.58. The van der Waals surface area contributed by atoms with E-state index in [4.69, 9.17) is 17.0 Å². The second kappa shape index (κ2) is 15.6. The van der Waals surface area contributed by atoms with Crippen molar-refractivity contribution in [2.75, 3.05) is 61.1 Å². The molecule has 3 amide bonds. The quantitative estimate of drug-likeness (QED) is 0.187. The SMILES string of the molecule is O=C(NC1C(=O)N(CCN2CCOCC2)c2ccccc2N(CC23CC4CC(CC(C4)C2)C3)C1=O)C(Cc1ccccc1)NC(=S)Nc1ccccc1. The summed E-state index contributed by atoms with van der Waals surface area (Å²) >= 11 is 5.68. The summed E-state index contributed by atoms with van der Waals surface area (Å²) in [6, 6.07) is 24.7. The molecule has 3 aromatic rings. The van der Waals surface area contributed by atoms with Crippen LogP contribution < -0.4 is 25.8 Å². The van der Waals surface area contributed by atoms with Crippen molar-refractivity contribution in [3.8, 4) is 0 Å². The molecule has 2 heterocycles. The fourth-order valence-electron chi connectivity index (χ4n) is 10.1. The molecule has 0 radical (unpaired) electrons. The molecule has 4 saturated carbocycles. The van der Waals surface area contributed by atoms with Crippen LogP contribution in [0.15, 0.2) is 84.9 Å². The van der Waals surface area contributed by atoms with Crippen molar-refractivity contribution >= 4 is 52.1 Å². The van der Waals surface area contributed by atoms with Crippen LogP contribution in [0.2, 0.25) is 0 Å². The van der Waals surface area contributed by atoms with Gasteiger partial charge < -0.3 is 30.5 Å². The molecule has 10 nitrogen and oxygen atoms in total. The standard InChI is InChI=1S/C42H50N6O4S/c49-38(34(24-29-9-3-1-4-10-29)44-41(53)43-33-11-5-2-6-12-33)45-37-39(50)47(16-15-46-17-19-52-20-18-46)35-13-7-8-14-36(35)48(40(37)51)28-42-25-30-21-31(26-42)23-32(22-30)27-42/h1-14,30-32,34,37H,15-28H2,(H,45,49)(H2,43,44,53). The maximum Gasteiger partial charge on any atom is 0.259 e. The maximum atomic E-state index is 15.1. The third-order valence-corrected chi connectivity index (χ3v) is 12.3. The Hall–Kier alpha value is -4.32. The molecular formula is C42H50N6O4S. The van der Waals surface area contributed by atoms with E-state index < -0.39 is 23.9 Å². The summed E-state index contributed by atoms with van der Waals surface area (Å²) in [5, 5.41) is 9.62. The Kier molecular flexibility index (Phi) is 10.5. The first-order valence-corrected chi connectivity index (χ1v) is 19.7. The smallest absolute Gasteiger partial charge is 0.259 e. The van der Waals surface area contributed by atoms with Crippen LogP contribution >= 0.6 is 12.2 Å². The summed E-state index contributed by atoms with van der Waals surface area (Å²) in [7, 11) is 0. The third-order valence-electron chi connectivity index (χ3n) is 12.1. The van der Waals surface area contributed by atoms with E-state index in [1.54, 1.807) is 4.90 Å². The van der Waals surface area contributed by atoms with Crippen LogP contribution in [0.4, 0.5) is 17.1 Å². The number of hydrogen-bond acceptors (Lipinski definition) is 6. The van der Waals surface area contributed by atoms with Gasteiger partial charge in [-0.15, -0.1) is 0 Å². The number of ether oxygens (including phenoxy) is 1. The Labute approximate surface area is 317 Å². The summed E-state index contributed by atoms with van der Waals surface area (Å²) in [5.74, 6) is 0.868. The molecule has 2 unspecified atom stereocenters. The Morgan fingerprint density at radius 2 is 1.34 bits per heavy atom. The zero-order valence-electron chi connectivity index (χ0n) is 30.3. The highest BCUT2D eigenvalue weighted by molar-refractivity contribution is 7.80. The lowest BCUT2D eigenvalue weighted by atomic mass is 9.49. The van der Waals surface area contributed by atoms with Crippen LogP contribution in [0.3, 0.4) is 0 Å². The fraction of sp³-hybridized carbons (Fsp3) is 0.476. The molecule has 278 valence electrons. The van der Waals surface area contributed by atoms with E-state index in [0.717, 1.165) is 49.3 Å². The number of nitrogens with zero attached hydrogens (tertiary/aromatic N) is 3. The number of morpholine rings is 1. The summed E-state index contributed by atoms with van der Waals surface area (Å²) in [4.78, 5) is 50.3. The van der Waals surface area contributed by atoms with Crippen molar-refractivity contribution in [3.05, 3.63) is 90.5 Å². The van der Waals surface area contributed by atoms with Gasteiger partial charge in [0.1, 0.15) is 6.04 Å². The highest BCUT2D eigenvalue weighted by Crippen LogP contribution is 2.60. The average molecular weight is 735 g/mol. The number of rotatable bonds is 11. The number of benzene rings is 3. The Morgan fingerprint density at radius 3 is 1.98 bits per heavy atom. The van der Waals surface area contributed by atoms with Gasteiger partial charge in [0.25, 0.3) is 11.8 Å². The molecule has 1 saturated heterocycles. The predicted molar refractivity (Wildman–Crippen MR) is 211 cm³/mol. The minimum absolute atomic E-state index is 0.0186. The van der Waals surface area contributed by atoms with Crippen molar-refractivity contribution in [1.82, 2.24) is 15.5 Å². The van der Waals surface area contributed by atoms with Crippen molar-refractivity contribution in [2.24, 2.45) is 23.2 Å². The summed E-state index contributed by atoms with van der Waals surface area (Å²) in [6.07, 6.45) is 7.55. The number of hydrogen-bond donors (Lipinski definition) is 3. The number of fused-ring (bicyclic) bond motifs is 1. The van der Waals surface area contributed by atoms with E-state index in [-0.39, 0.29) is 16.4 Å². The molecule has 4 bridgehead atoms. The molecule has 0 spiro atoms. The zero-order chi connectivity index (χ0) is 36.4. The van der Waals surface area contributed by atoms with Gasteiger partial charge in [0.2, 0.25) is 5.91 Å². The first-order chi connectivity index (χ1) is 25.8. The zero-order valence-corrected chi connectivity index (χ0v) is 31.1. The largest absolute Gasteiger partial charge is 0.379 e. The number of carbonyl (C=O) groups is 3. The first kappa shape index (κ1) is 35.7. The molecular weight excluding hydrogens is 685 g/mol. The summed E-state index contributed by atoms with van der Waals surface area (Å²) in [6.45, 7) is 4.44. The van der Waals surface area contributed by atoms with Gasteiger partial charge in [-0.05, 0) is 104 Å². The minimum atomic E-state index is -1.40. The summed E-state index contributed by atoms with van der Waals surface area (Å²) in [5.41, 5.74) is 3.18. The maximum absolute atomic E-state index is 15.1. The van der Waals surface area contributed by atoms with E-state index in [1.165, 1.54) is 19.3 Å². The Morgan fingerprint density at radius 1 is 0.774 bits per heavy atom. The Bertz CT molecular complexity index is 1770. The van der Waals surface area contributed by atoms with Gasteiger partial charge in [-0.2, -0.15) is 0 Å². The lowest BCUT2D eigenvalue weighted by molar-refractivity contribution is -0.135. The molecule has 9 rings (SSSR count). The van der Waals surface area contributed by atoms with E-state index in [1.807, 2.05) is 89.8 Å². The minimum Gasteiger partial charge on any atom is -0.379 e. The topological polar surface area (TPSA) is 106 Å². The van der Waals surface area contributed by atoms with Crippen LogP contribution in [-0.4, -0.2) is 85.8 Å². The normalized spacial score (nSPS) is 27.2. The number of amides is 3. The lowest BCUT2D eigenvalue weighted by Crippen LogP contribution is -2.61. The second-order valence-corrected chi connectivity index (χ2v) is 16.3. The lowest BCUT2D eigenvalue weighted by Gasteiger charge is -2.57. The molecule has 53 heavy (non-hydrogen) atoms. The number of thiocarbonyl (C=S) groups is 1. The molecule has 6 aliphatic rings. The van der Waals surface area contributed by atoms with Crippen molar-refractivity contribution in [1.29, 1.82) is 0 Å². The van der Waals surface area contributed by atoms with Gasteiger partial charge in [0.15, 0.2) is 11.2 Å².